The smallest absolute Gasteiger partial charge is 0.457 e. The van der Waals surface area contributed by atoms with Gasteiger partial charge in [0.25, 0.3) is 0 Å². The summed E-state index contributed by atoms with van der Waals surface area (Å²) in [7, 11) is -4.52. The van der Waals surface area contributed by atoms with Crippen LogP contribution in [0, 0.1) is 0 Å². The first kappa shape index (κ1) is 56.7. The normalized spacial score (nSPS) is 14.2. The average Bonchev–Trinajstić information content (AvgIpc) is 3.21. The molecule has 342 valence electrons. The topological polar surface area (TPSA) is 132 Å². The number of phosphoric acid groups is 1. The van der Waals surface area contributed by atoms with E-state index in [1.54, 1.807) is 0 Å². The zero-order valence-electron chi connectivity index (χ0n) is 37.5. The van der Waals surface area contributed by atoms with Crippen LogP contribution in [0.2, 0.25) is 0 Å². The van der Waals surface area contributed by atoms with E-state index in [1.165, 1.54) is 135 Å². The van der Waals surface area contributed by atoms with Crippen LogP contribution in [0.1, 0.15) is 219 Å². The minimum absolute atomic E-state index is 0.0451. The zero-order chi connectivity index (χ0) is 42.5. The largest absolute Gasteiger partial charge is 0.472 e. The number of unbranched alkanes of at least 4 members (excludes halogenated alkanes) is 26. The molecule has 0 amide bonds. The molecule has 0 fully saturated rings. The molecule has 3 unspecified atom stereocenters. The van der Waals surface area contributed by atoms with Gasteiger partial charge in [-0.3, -0.25) is 13.8 Å². The predicted molar refractivity (Wildman–Crippen MR) is 242 cm³/mol. The van der Waals surface area contributed by atoms with E-state index >= 15 is 0 Å². The van der Waals surface area contributed by atoms with Crippen molar-refractivity contribution in [2.75, 3.05) is 33.0 Å². The first-order chi connectivity index (χ1) is 28.3. The number of aliphatic hydroxyl groups is 2. The summed E-state index contributed by atoms with van der Waals surface area (Å²) in [5, 5.41) is 18.4. The Kier molecular flexibility index (Phi) is 44.2. The van der Waals surface area contributed by atoms with Crippen molar-refractivity contribution < 1.29 is 43.0 Å². The number of carbonyl (C=O) groups excluding carboxylic acids is 1. The number of rotatable bonds is 46. The summed E-state index contributed by atoms with van der Waals surface area (Å²) in [6, 6.07) is 0. The van der Waals surface area contributed by atoms with Crippen molar-refractivity contribution >= 4 is 13.8 Å². The van der Waals surface area contributed by atoms with Crippen molar-refractivity contribution in [3.63, 3.8) is 0 Å². The molecule has 9 nitrogen and oxygen atoms in total. The molecule has 0 spiro atoms. The highest BCUT2D eigenvalue weighted by Gasteiger charge is 2.26. The minimum Gasteiger partial charge on any atom is -0.457 e. The maximum Gasteiger partial charge on any atom is 0.472 e. The van der Waals surface area contributed by atoms with Crippen LogP contribution in [0.15, 0.2) is 36.5 Å². The Bertz CT molecular complexity index is 1000. The molecule has 0 aromatic heterocycles. The van der Waals surface area contributed by atoms with Gasteiger partial charge in [-0.2, -0.15) is 0 Å². The van der Waals surface area contributed by atoms with E-state index in [9.17, 15) is 19.4 Å². The summed E-state index contributed by atoms with van der Waals surface area (Å²) in [6.45, 7) is 3.51. The Hall–Kier alpha value is -1.32. The fourth-order valence-electron chi connectivity index (χ4n) is 6.62. The molecule has 0 bridgehead atoms. The van der Waals surface area contributed by atoms with Crippen LogP contribution in [-0.2, 0) is 27.9 Å². The molecule has 0 aliphatic heterocycles. The van der Waals surface area contributed by atoms with E-state index in [-0.39, 0.29) is 19.6 Å². The average molecular weight is 843 g/mol. The lowest BCUT2D eigenvalue weighted by Gasteiger charge is -2.20. The van der Waals surface area contributed by atoms with Gasteiger partial charge in [-0.05, 0) is 70.6 Å². The number of hydrogen-bond donors (Lipinski definition) is 3. The van der Waals surface area contributed by atoms with Crippen molar-refractivity contribution in [2.45, 2.75) is 232 Å². The number of aliphatic hydroxyl groups excluding tert-OH is 2. The highest BCUT2D eigenvalue weighted by molar-refractivity contribution is 7.47. The third-order valence-corrected chi connectivity index (χ3v) is 11.2. The van der Waals surface area contributed by atoms with Crippen LogP contribution in [0.4, 0.5) is 0 Å². The number of hydrogen-bond acceptors (Lipinski definition) is 8. The Morgan fingerprint density at radius 3 is 1.40 bits per heavy atom. The second-order valence-electron chi connectivity index (χ2n) is 16.1. The maximum atomic E-state index is 12.6. The van der Waals surface area contributed by atoms with Crippen molar-refractivity contribution in [3.05, 3.63) is 36.5 Å². The Morgan fingerprint density at radius 1 is 0.534 bits per heavy atom. The molecule has 0 saturated heterocycles. The second kappa shape index (κ2) is 45.2. The fourth-order valence-corrected chi connectivity index (χ4v) is 7.41. The molecular weight excluding hydrogens is 751 g/mol. The van der Waals surface area contributed by atoms with Gasteiger partial charge in [0.15, 0.2) is 0 Å². The maximum absolute atomic E-state index is 12.6. The third kappa shape index (κ3) is 44.2. The first-order valence-corrected chi connectivity index (χ1v) is 25.5. The molecule has 0 aliphatic rings. The monoisotopic (exact) mass is 843 g/mol. The van der Waals surface area contributed by atoms with E-state index in [4.69, 9.17) is 23.6 Å². The standard InChI is InChI=1S/C48H91O9P/c1-3-5-7-9-11-13-15-17-19-20-21-22-23-24-25-27-29-31-33-35-37-39-41-54-44-47(45-56-58(52,53)55-43-46(50)42-49)57-48(51)40-38-36-34-32-30-28-26-18-16-14-12-10-8-6-4-2/h15,17-18,20-21,26,46-47,49-50H,3-14,16,19,22-25,27-45H2,1-2H3,(H,52,53)/b17-15-,21-20-,26-18-. The zero-order valence-corrected chi connectivity index (χ0v) is 38.4. The van der Waals surface area contributed by atoms with E-state index in [0.717, 1.165) is 64.2 Å². The molecule has 0 aromatic carbocycles. The van der Waals surface area contributed by atoms with E-state index in [1.807, 2.05) is 0 Å². The number of allylic oxidation sites excluding steroid dienone is 6. The lowest BCUT2D eigenvalue weighted by Crippen LogP contribution is -2.29. The van der Waals surface area contributed by atoms with E-state index < -0.39 is 39.2 Å². The van der Waals surface area contributed by atoms with Gasteiger partial charge in [0.05, 0.1) is 26.4 Å². The summed E-state index contributed by atoms with van der Waals surface area (Å²) in [5.74, 6) is -0.391. The van der Waals surface area contributed by atoms with Gasteiger partial charge >= 0.3 is 13.8 Å². The molecule has 58 heavy (non-hydrogen) atoms. The molecule has 0 aliphatic carbocycles. The van der Waals surface area contributed by atoms with Crippen LogP contribution in [0.5, 0.6) is 0 Å². The van der Waals surface area contributed by atoms with Crippen molar-refractivity contribution in [1.29, 1.82) is 0 Å². The molecule has 0 rings (SSSR count). The molecule has 0 saturated carbocycles. The quantitative estimate of drug-likeness (QED) is 0.0237. The van der Waals surface area contributed by atoms with Gasteiger partial charge in [-0.1, -0.05) is 179 Å². The van der Waals surface area contributed by atoms with Crippen molar-refractivity contribution in [1.82, 2.24) is 0 Å². The van der Waals surface area contributed by atoms with Gasteiger partial charge in [-0.15, -0.1) is 0 Å². The summed E-state index contributed by atoms with van der Waals surface area (Å²) >= 11 is 0. The molecule has 0 radical (unpaired) electrons. The number of phosphoric ester groups is 1. The Labute approximate surface area is 356 Å². The Balaban J connectivity index is 4.10. The summed E-state index contributed by atoms with van der Waals surface area (Å²) in [6.07, 6.45) is 49.6. The van der Waals surface area contributed by atoms with Gasteiger partial charge in [-0.25, -0.2) is 4.57 Å². The fraction of sp³-hybridized carbons (Fsp3) is 0.854. The van der Waals surface area contributed by atoms with Gasteiger partial charge in [0.1, 0.15) is 12.2 Å². The lowest BCUT2D eigenvalue weighted by molar-refractivity contribution is -0.154. The SMILES string of the molecule is CCCCCCC/C=C\C/C=C\CCCCCCCCCCCCOCC(COP(=O)(O)OCC(O)CO)OC(=O)CCCCCCC/C=C\CCCCCCCC. The third-order valence-electron chi connectivity index (χ3n) is 10.3. The van der Waals surface area contributed by atoms with Gasteiger partial charge in [0, 0.05) is 13.0 Å². The molecule has 0 heterocycles. The summed E-state index contributed by atoms with van der Waals surface area (Å²) in [5.41, 5.74) is 0. The van der Waals surface area contributed by atoms with Crippen molar-refractivity contribution in [2.24, 2.45) is 0 Å². The molecule has 3 atom stereocenters. The van der Waals surface area contributed by atoms with Crippen LogP contribution in [0.3, 0.4) is 0 Å². The van der Waals surface area contributed by atoms with Crippen LogP contribution in [-0.4, -0.2) is 66.3 Å². The van der Waals surface area contributed by atoms with E-state index in [0.29, 0.717) is 6.61 Å². The highest BCUT2D eigenvalue weighted by atomic mass is 31.2. The highest BCUT2D eigenvalue weighted by Crippen LogP contribution is 2.43. The summed E-state index contributed by atoms with van der Waals surface area (Å²) < 4.78 is 33.4. The lowest BCUT2D eigenvalue weighted by atomic mass is 10.1. The van der Waals surface area contributed by atoms with Crippen LogP contribution in [0.25, 0.3) is 0 Å². The summed E-state index contributed by atoms with van der Waals surface area (Å²) in [4.78, 5) is 22.6. The van der Waals surface area contributed by atoms with E-state index in [2.05, 4.69) is 50.3 Å². The number of ether oxygens (including phenoxy) is 2. The molecule has 10 heteroatoms. The molecule has 0 aromatic rings. The van der Waals surface area contributed by atoms with Gasteiger partial charge < -0.3 is 24.6 Å². The predicted octanol–water partition coefficient (Wildman–Crippen LogP) is 13.6. The Morgan fingerprint density at radius 2 is 0.931 bits per heavy atom. The van der Waals surface area contributed by atoms with Crippen LogP contribution < -0.4 is 0 Å². The second-order valence-corrected chi connectivity index (χ2v) is 17.6. The number of esters is 1. The van der Waals surface area contributed by atoms with Crippen molar-refractivity contribution in [3.8, 4) is 0 Å². The first-order valence-electron chi connectivity index (χ1n) is 24.0. The number of carbonyl (C=O) groups is 1. The molecule has 3 N–H and O–H groups in total. The molecular formula is C48H91O9P. The van der Waals surface area contributed by atoms with Gasteiger partial charge in [0.2, 0.25) is 0 Å². The van der Waals surface area contributed by atoms with Crippen LogP contribution >= 0.6 is 7.82 Å². The minimum atomic E-state index is -4.52.